The first-order valence-corrected chi connectivity index (χ1v) is 14.3. The van der Waals surface area contributed by atoms with Crippen molar-refractivity contribution in [1.82, 2.24) is 10.2 Å². The zero-order chi connectivity index (χ0) is 24.5. The van der Waals surface area contributed by atoms with Gasteiger partial charge in [0.2, 0.25) is 0 Å². The molecule has 0 aliphatic carbocycles. The molecular weight excluding hydrogens is 530 g/mol. The summed E-state index contributed by atoms with van der Waals surface area (Å²) < 4.78 is 66.0. The number of aliphatic hydroxyl groups excluding tert-OH is 1. The Hall–Kier alpha value is -0.550. The number of hydrogen-bond acceptors (Lipinski definition) is 12. The molecule has 1 saturated heterocycles. The highest BCUT2D eigenvalue weighted by Gasteiger charge is 2.46. The maximum Gasteiger partial charge on any atom is 0.490 e. The molecule has 9 N–H and O–H groups in total. The third kappa shape index (κ3) is 8.66. The first-order valence-electron chi connectivity index (χ1n) is 8.03. The number of carbonyl (C=O) groups excluding carboxylic acids is 1. The second kappa shape index (κ2) is 9.98. The van der Waals surface area contributed by atoms with Gasteiger partial charge in [0, 0.05) is 12.6 Å². The van der Waals surface area contributed by atoms with Crippen LogP contribution in [0.5, 0.6) is 0 Å². The first kappa shape index (κ1) is 27.7. The molecule has 2 aliphatic heterocycles. The van der Waals surface area contributed by atoms with E-state index >= 15 is 0 Å². The van der Waals surface area contributed by atoms with Crippen LogP contribution in [0.1, 0.15) is 6.42 Å². The zero-order valence-corrected chi connectivity index (χ0v) is 19.0. The lowest BCUT2D eigenvalue weighted by Crippen LogP contribution is -2.54. The van der Waals surface area contributed by atoms with Crippen molar-refractivity contribution in [3.05, 3.63) is 12.3 Å². The average Bonchev–Trinajstić information content (AvgIpc) is 2.89. The van der Waals surface area contributed by atoms with Gasteiger partial charge in [0.25, 0.3) is 0 Å². The molecule has 2 rings (SSSR count). The third-order valence-corrected chi connectivity index (χ3v) is 9.03. The van der Waals surface area contributed by atoms with Crippen molar-refractivity contribution in [3.8, 4) is 0 Å². The molecule has 2 amide bonds. The minimum Gasteiger partial charge on any atom is -0.388 e. The second-order valence-electron chi connectivity index (χ2n) is 6.09. The van der Waals surface area contributed by atoms with Crippen molar-refractivity contribution < 1.29 is 75.0 Å². The highest BCUT2D eigenvalue weighted by Crippen LogP contribution is 2.70. The predicted octanol–water partition coefficient (Wildman–Crippen LogP) is -1.25. The van der Waals surface area contributed by atoms with E-state index in [-0.39, 0.29) is 6.42 Å². The quantitative estimate of drug-likeness (QED) is 0.148. The molecule has 0 spiro atoms. The summed E-state index contributed by atoms with van der Waals surface area (Å²) >= 11 is 0. The predicted molar refractivity (Wildman–Crippen MR) is 97.5 cm³/mol. The van der Waals surface area contributed by atoms with Gasteiger partial charge in [-0.05, 0) is 6.08 Å². The molecule has 23 heteroatoms. The first-order chi connectivity index (χ1) is 14.4. The molecule has 2 aliphatic rings. The Morgan fingerprint density at radius 2 is 1.69 bits per heavy atom. The number of amides is 2. The number of aliphatic hydroxyl groups is 1. The van der Waals surface area contributed by atoms with Crippen molar-refractivity contribution in [2.75, 3.05) is 6.35 Å². The number of urea groups is 1. The van der Waals surface area contributed by atoms with E-state index in [1.54, 1.807) is 0 Å². The Kier molecular flexibility index (Phi) is 8.63. The molecule has 19 nitrogen and oxygen atoms in total. The summed E-state index contributed by atoms with van der Waals surface area (Å²) in [5, 5.41) is 12.4. The lowest BCUT2D eigenvalue weighted by molar-refractivity contribution is -0.150. The van der Waals surface area contributed by atoms with Crippen LogP contribution < -0.4 is 11.1 Å². The van der Waals surface area contributed by atoms with Crippen LogP contribution in [0.15, 0.2) is 12.3 Å². The molecule has 0 aromatic carbocycles. The van der Waals surface area contributed by atoms with E-state index in [0.717, 1.165) is 4.90 Å². The summed E-state index contributed by atoms with van der Waals surface area (Å²) in [6, 6.07) is -0.717. The third-order valence-electron chi connectivity index (χ3n) is 3.38. The highest BCUT2D eigenvalue weighted by atomic mass is 31.3. The van der Waals surface area contributed by atoms with Gasteiger partial charge in [-0.2, -0.15) is 8.62 Å². The van der Waals surface area contributed by atoms with Crippen LogP contribution in [0.3, 0.4) is 0 Å². The van der Waals surface area contributed by atoms with Crippen LogP contribution in [0.2, 0.25) is 0 Å². The molecule has 32 heavy (non-hydrogen) atoms. The highest BCUT2D eigenvalue weighted by molar-refractivity contribution is 7.70. The summed E-state index contributed by atoms with van der Waals surface area (Å²) in [6.07, 6.45) is -3.85. The normalized spacial score (nSPS) is 32.1. The molecule has 7 atom stereocenters. The van der Waals surface area contributed by atoms with Crippen molar-refractivity contribution in [2.24, 2.45) is 5.73 Å². The molecule has 0 radical (unpaired) electrons. The van der Waals surface area contributed by atoms with Gasteiger partial charge in [-0.3, -0.25) is 9.46 Å². The van der Waals surface area contributed by atoms with Gasteiger partial charge < -0.3 is 50.1 Å². The van der Waals surface area contributed by atoms with Gasteiger partial charge in [0.1, 0.15) is 6.10 Å². The maximum atomic E-state index is 11.9. The van der Waals surface area contributed by atoms with Crippen molar-refractivity contribution in [1.29, 1.82) is 0 Å². The fourth-order valence-corrected chi connectivity index (χ4v) is 7.08. The summed E-state index contributed by atoms with van der Waals surface area (Å²) in [7, 11) is -22.7. The number of nitrogens with zero attached hydrogens (tertiary/aromatic N) is 1. The van der Waals surface area contributed by atoms with Crippen LogP contribution in [0, 0.1) is 0 Å². The Balaban J connectivity index is 1.93. The van der Waals surface area contributed by atoms with E-state index in [1.807, 2.05) is 0 Å². The number of rotatable bonds is 10. The minimum absolute atomic E-state index is 0.316. The van der Waals surface area contributed by atoms with E-state index in [9.17, 15) is 37.9 Å². The zero-order valence-electron chi connectivity index (χ0n) is 15.5. The Morgan fingerprint density at radius 3 is 2.25 bits per heavy atom. The van der Waals surface area contributed by atoms with Crippen molar-refractivity contribution in [2.45, 2.75) is 31.2 Å². The number of carbonyl (C=O) groups is 1. The molecule has 2 heterocycles. The molecule has 186 valence electrons. The van der Waals surface area contributed by atoms with Gasteiger partial charge in [-0.25, -0.2) is 22.8 Å². The van der Waals surface area contributed by atoms with E-state index in [4.69, 9.17) is 29.9 Å². The summed E-state index contributed by atoms with van der Waals surface area (Å²) in [4.78, 5) is 57.6. The number of nitrogens with two attached hydrogens (primary N) is 1. The van der Waals surface area contributed by atoms with Gasteiger partial charge in [0.05, 0.1) is 6.17 Å². The lowest BCUT2D eigenvalue weighted by Gasteiger charge is -2.31. The van der Waals surface area contributed by atoms with Gasteiger partial charge in [-0.15, -0.1) is 0 Å². The standard InChI is InChI=1S/C9H19N3O16P4/c10-6-1-2-12(9(14)11-6)8-5(13)3-7(25-8)24-4-29(15,16)26-31(20,21)28-32(22,23)27-30(17,18)19/h1-2,5-8,13H,3-4,10H2,(H,11,14)(H,15,16)(H,20,21)(H,22,23)(H2,17,18,19)/t5?,6?,7-,8+/m0/s1. The molecular formula is C9H19N3O16P4. The summed E-state index contributed by atoms with van der Waals surface area (Å²) in [6.45, 7) is 0. The molecule has 0 aromatic heterocycles. The van der Waals surface area contributed by atoms with E-state index < -0.39 is 68.2 Å². The van der Waals surface area contributed by atoms with Gasteiger partial charge in [-0.1, -0.05) is 0 Å². The Labute approximate surface area is 178 Å². The molecule has 0 bridgehead atoms. The number of phosphoric acid groups is 3. The lowest BCUT2D eigenvalue weighted by atomic mass is 10.2. The molecule has 0 saturated carbocycles. The number of ether oxygens (including phenoxy) is 2. The molecule has 0 aromatic rings. The van der Waals surface area contributed by atoms with E-state index in [1.165, 1.54) is 12.3 Å². The van der Waals surface area contributed by atoms with E-state index in [2.05, 4.69) is 18.2 Å². The van der Waals surface area contributed by atoms with Crippen molar-refractivity contribution in [3.63, 3.8) is 0 Å². The van der Waals surface area contributed by atoms with Gasteiger partial charge in [0.15, 0.2) is 18.9 Å². The van der Waals surface area contributed by atoms with Crippen molar-refractivity contribution >= 4 is 37.1 Å². The monoisotopic (exact) mass is 549 g/mol. The topological polar surface area (TPSA) is 294 Å². The number of nitrogens with one attached hydrogen (secondary N) is 1. The van der Waals surface area contributed by atoms with Crippen LogP contribution in [-0.4, -0.2) is 71.6 Å². The fourth-order valence-electron chi connectivity index (χ4n) is 2.35. The Morgan fingerprint density at radius 1 is 1.09 bits per heavy atom. The average molecular weight is 549 g/mol. The largest absolute Gasteiger partial charge is 0.490 e. The van der Waals surface area contributed by atoms with E-state index in [0.29, 0.717) is 0 Å². The smallest absolute Gasteiger partial charge is 0.388 e. The Bertz CT molecular complexity index is 936. The van der Waals surface area contributed by atoms with Crippen LogP contribution in [0.25, 0.3) is 0 Å². The van der Waals surface area contributed by atoms with Crippen LogP contribution in [0.4, 0.5) is 4.79 Å². The molecule has 1 fully saturated rings. The SMILES string of the molecule is NC1C=CN([C@@H]2O[C@H](OCP(=O)(O)OP(=O)(O)OP(=O)(O)OP(=O)(O)O)CC2O)C(=O)N1. The van der Waals surface area contributed by atoms with Gasteiger partial charge >= 0.3 is 37.1 Å². The summed E-state index contributed by atoms with van der Waals surface area (Å²) in [5.74, 6) is 0. The second-order valence-corrected chi connectivity index (χ2v) is 12.4. The number of hydrogen-bond donors (Lipinski definition) is 8. The van der Waals surface area contributed by atoms with Crippen LogP contribution >= 0.6 is 31.1 Å². The fraction of sp³-hybridized carbons (Fsp3) is 0.667. The van der Waals surface area contributed by atoms with Crippen LogP contribution in [-0.2, 0) is 40.7 Å². The minimum atomic E-state index is -5.89. The maximum absolute atomic E-state index is 11.9. The molecule has 5 unspecified atom stereocenters. The summed E-state index contributed by atoms with van der Waals surface area (Å²) in [5.41, 5.74) is 5.48.